The molecule has 0 saturated carbocycles. The monoisotopic (exact) mass is 290 g/mol. The summed E-state index contributed by atoms with van der Waals surface area (Å²) in [5.74, 6) is -1.11. The lowest BCUT2D eigenvalue weighted by atomic mass is 9.91. The van der Waals surface area contributed by atoms with Crippen molar-refractivity contribution in [2.75, 3.05) is 6.54 Å². The van der Waals surface area contributed by atoms with E-state index < -0.39 is 5.97 Å². The molecule has 3 atom stereocenters. The van der Waals surface area contributed by atoms with E-state index in [1.54, 1.807) is 4.90 Å². The number of amides is 1. The van der Waals surface area contributed by atoms with Crippen molar-refractivity contribution < 1.29 is 14.7 Å². The van der Waals surface area contributed by atoms with E-state index in [9.17, 15) is 9.59 Å². The number of carboxylic acid groups (broad SMARTS) is 1. The average molecular weight is 290 g/mol. The summed E-state index contributed by atoms with van der Waals surface area (Å²) in [6.07, 6.45) is 1.29. The van der Waals surface area contributed by atoms with Crippen molar-refractivity contribution in [3.8, 4) is 0 Å². The number of carbonyl (C=O) groups excluding carboxylic acids is 1. The molecule has 1 aromatic rings. The Morgan fingerprint density at radius 2 is 2.05 bits per heavy atom. The van der Waals surface area contributed by atoms with Gasteiger partial charge in [-0.1, -0.05) is 30.3 Å². The van der Waals surface area contributed by atoms with Crippen LogP contribution in [0.4, 0.5) is 0 Å². The highest BCUT2D eigenvalue weighted by Gasteiger charge is 2.32. The summed E-state index contributed by atoms with van der Waals surface area (Å²) >= 11 is 0. The summed E-state index contributed by atoms with van der Waals surface area (Å²) in [5.41, 5.74) is 7.03. The van der Waals surface area contributed by atoms with Crippen LogP contribution >= 0.6 is 0 Å². The van der Waals surface area contributed by atoms with Crippen LogP contribution in [0.5, 0.6) is 0 Å². The Hall–Kier alpha value is -1.88. The molecule has 114 valence electrons. The lowest BCUT2D eigenvalue weighted by molar-refractivity contribution is -0.147. The molecule has 3 N–H and O–H groups in total. The first-order chi connectivity index (χ1) is 9.99. The van der Waals surface area contributed by atoms with Gasteiger partial charge in [0.2, 0.25) is 5.91 Å². The van der Waals surface area contributed by atoms with Crippen LogP contribution in [0.3, 0.4) is 0 Å². The minimum Gasteiger partial charge on any atom is -0.481 e. The zero-order chi connectivity index (χ0) is 15.4. The van der Waals surface area contributed by atoms with Crippen LogP contribution in [0, 0.1) is 5.92 Å². The lowest BCUT2D eigenvalue weighted by Crippen LogP contribution is -2.46. The molecule has 0 bridgehead atoms. The minimum atomic E-state index is -0.769. The van der Waals surface area contributed by atoms with Gasteiger partial charge in [0.15, 0.2) is 0 Å². The van der Waals surface area contributed by atoms with E-state index in [2.05, 4.69) is 0 Å². The third-order valence-electron chi connectivity index (χ3n) is 4.17. The summed E-state index contributed by atoms with van der Waals surface area (Å²) in [7, 11) is 0. The number of hydrogen-bond acceptors (Lipinski definition) is 3. The highest BCUT2D eigenvalue weighted by molar-refractivity contribution is 5.78. The van der Waals surface area contributed by atoms with E-state index in [4.69, 9.17) is 10.8 Å². The Bertz CT molecular complexity index is 504. The minimum absolute atomic E-state index is 0.00249. The Labute approximate surface area is 124 Å². The number of carbonyl (C=O) groups is 2. The summed E-state index contributed by atoms with van der Waals surface area (Å²) in [5, 5.41) is 9.05. The van der Waals surface area contributed by atoms with Gasteiger partial charge in [-0.05, 0) is 25.3 Å². The molecule has 0 aromatic heterocycles. The first kappa shape index (κ1) is 15.5. The summed E-state index contributed by atoms with van der Waals surface area (Å²) in [6.45, 7) is 2.40. The molecule has 0 spiro atoms. The molecule has 21 heavy (non-hydrogen) atoms. The average Bonchev–Trinajstić information content (AvgIpc) is 2.47. The van der Waals surface area contributed by atoms with Crippen LogP contribution in [-0.4, -0.2) is 34.5 Å². The van der Waals surface area contributed by atoms with E-state index >= 15 is 0 Å². The SMILES string of the molecule is CC1CC(C(=O)O)CCN1C(=O)CC(N)c1ccccc1. The maximum Gasteiger partial charge on any atom is 0.306 e. The molecule has 1 fully saturated rings. The van der Waals surface area contributed by atoms with Gasteiger partial charge >= 0.3 is 5.97 Å². The number of benzene rings is 1. The number of aliphatic carboxylic acids is 1. The van der Waals surface area contributed by atoms with Gasteiger partial charge in [-0.25, -0.2) is 0 Å². The molecule has 0 radical (unpaired) electrons. The molecule has 5 nitrogen and oxygen atoms in total. The maximum atomic E-state index is 12.4. The maximum absolute atomic E-state index is 12.4. The fourth-order valence-corrected chi connectivity index (χ4v) is 2.89. The second-order valence-electron chi connectivity index (χ2n) is 5.72. The summed E-state index contributed by atoms with van der Waals surface area (Å²) in [6, 6.07) is 9.19. The predicted octanol–water partition coefficient (Wildman–Crippen LogP) is 1.79. The van der Waals surface area contributed by atoms with Crippen molar-refractivity contribution in [1.82, 2.24) is 4.90 Å². The van der Waals surface area contributed by atoms with E-state index in [0.29, 0.717) is 19.4 Å². The second kappa shape index (κ2) is 6.72. The fraction of sp³-hybridized carbons (Fsp3) is 0.500. The first-order valence-corrected chi connectivity index (χ1v) is 7.32. The van der Waals surface area contributed by atoms with Gasteiger partial charge in [0, 0.05) is 25.0 Å². The number of hydrogen-bond donors (Lipinski definition) is 2. The summed E-state index contributed by atoms with van der Waals surface area (Å²) < 4.78 is 0. The molecule has 1 aliphatic heterocycles. The third-order valence-corrected chi connectivity index (χ3v) is 4.17. The van der Waals surface area contributed by atoms with E-state index in [1.165, 1.54) is 0 Å². The topological polar surface area (TPSA) is 83.6 Å². The van der Waals surface area contributed by atoms with Crippen LogP contribution in [0.25, 0.3) is 0 Å². The van der Waals surface area contributed by atoms with Gasteiger partial charge in [-0.2, -0.15) is 0 Å². The van der Waals surface area contributed by atoms with E-state index in [-0.39, 0.29) is 30.3 Å². The first-order valence-electron chi connectivity index (χ1n) is 7.32. The number of nitrogens with zero attached hydrogens (tertiary/aromatic N) is 1. The van der Waals surface area contributed by atoms with Crippen molar-refractivity contribution in [1.29, 1.82) is 0 Å². The Morgan fingerprint density at radius 1 is 1.38 bits per heavy atom. The molecule has 1 saturated heterocycles. The Kier molecular flexibility index (Phi) is 4.96. The van der Waals surface area contributed by atoms with E-state index in [0.717, 1.165) is 5.56 Å². The predicted molar refractivity (Wildman–Crippen MR) is 79.5 cm³/mol. The molecule has 1 heterocycles. The van der Waals surface area contributed by atoms with Gasteiger partial charge in [0.05, 0.1) is 5.92 Å². The van der Waals surface area contributed by atoms with Crippen molar-refractivity contribution in [2.24, 2.45) is 11.7 Å². The largest absolute Gasteiger partial charge is 0.481 e. The van der Waals surface area contributed by atoms with Crippen LogP contribution in [-0.2, 0) is 9.59 Å². The van der Waals surface area contributed by atoms with Crippen LogP contribution in [0.15, 0.2) is 30.3 Å². The number of nitrogens with two attached hydrogens (primary N) is 1. The third kappa shape index (κ3) is 3.82. The number of likely N-dealkylation sites (tertiary alicyclic amines) is 1. The van der Waals surface area contributed by atoms with Crippen molar-refractivity contribution in [2.45, 2.75) is 38.3 Å². The lowest BCUT2D eigenvalue weighted by Gasteiger charge is -2.36. The number of piperidine rings is 1. The molecule has 2 rings (SSSR count). The van der Waals surface area contributed by atoms with Crippen LogP contribution in [0.1, 0.15) is 37.8 Å². The Balaban J connectivity index is 1.93. The molecule has 1 amide bonds. The molecule has 3 unspecified atom stereocenters. The molecule has 5 heteroatoms. The molecule has 1 aromatic carbocycles. The number of rotatable bonds is 4. The molecule has 0 aliphatic carbocycles. The zero-order valence-corrected chi connectivity index (χ0v) is 12.2. The van der Waals surface area contributed by atoms with Gasteiger partial charge in [0.1, 0.15) is 0 Å². The van der Waals surface area contributed by atoms with Crippen molar-refractivity contribution in [3.63, 3.8) is 0 Å². The van der Waals surface area contributed by atoms with Gasteiger partial charge in [-0.15, -0.1) is 0 Å². The second-order valence-corrected chi connectivity index (χ2v) is 5.72. The van der Waals surface area contributed by atoms with Crippen molar-refractivity contribution >= 4 is 11.9 Å². The van der Waals surface area contributed by atoms with Crippen LogP contribution < -0.4 is 5.73 Å². The molecular weight excluding hydrogens is 268 g/mol. The smallest absolute Gasteiger partial charge is 0.306 e. The van der Waals surface area contributed by atoms with Crippen LogP contribution in [0.2, 0.25) is 0 Å². The summed E-state index contributed by atoms with van der Waals surface area (Å²) in [4.78, 5) is 25.1. The van der Waals surface area contributed by atoms with Crippen molar-refractivity contribution in [3.05, 3.63) is 35.9 Å². The highest BCUT2D eigenvalue weighted by Crippen LogP contribution is 2.25. The van der Waals surface area contributed by atoms with Gasteiger partial charge in [0.25, 0.3) is 0 Å². The van der Waals surface area contributed by atoms with Gasteiger partial charge < -0.3 is 15.7 Å². The fourth-order valence-electron chi connectivity index (χ4n) is 2.89. The number of carboxylic acids is 1. The quantitative estimate of drug-likeness (QED) is 0.885. The molecular formula is C16H22N2O3. The zero-order valence-electron chi connectivity index (χ0n) is 12.2. The van der Waals surface area contributed by atoms with Gasteiger partial charge in [-0.3, -0.25) is 9.59 Å². The standard InChI is InChI=1S/C16H22N2O3/c1-11-9-13(16(20)21)7-8-18(11)15(19)10-14(17)12-5-3-2-4-6-12/h2-6,11,13-14H,7-10,17H2,1H3,(H,20,21). The molecule has 1 aliphatic rings. The normalized spacial score (nSPS) is 23.6. The van der Waals surface area contributed by atoms with E-state index in [1.807, 2.05) is 37.3 Å². The highest BCUT2D eigenvalue weighted by atomic mass is 16.4. The Morgan fingerprint density at radius 3 is 2.62 bits per heavy atom.